The van der Waals surface area contributed by atoms with Gasteiger partial charge in [0.15, 0.2) is 5.76 Å². The van der Waals surface area contributed by atoms with Crippen LogP contribution >= 0.6 is 22.9 Å². The summed E-state index contributed by atoms with van der Waals surface area (Å²) in [6.45, 7) is 2.09. The Morgan fingerprint density at radius 3 is 2.62 bits per heavy atom. The smallest absolute Gasteiger partial charge is 0.290 e. The number of nitrogens with zero attached hydrogens (tertiary/aromatic N) is 3. The van der Waals surface area contributed by atoms with Crippen LogP contribution in [0.2, 0.25) is 5.02 Å². The number of amides is 3. The molecule has 1 aliphatic rings. The molecule has 9 heteroatoms. The van der Waals surface area contributed by atoms with Gasteiger partial charge in [-0.15, -0.1) is 11.3 Å². The lowest BCUT2D eigenvalue weighted by Crippen LogP contribution is -2.45. The van der Waals surface area contributed by atoms with E-state index in [2.05, 4.69) is 6.07 Å². The maximum atomic E-state index is 13.6. The first-order valence-electron chi connectivity index (χ1n) is 12.3. The lowest BCUT2D eigenvalue weighted by Gasteiger charge is -2.27. The third-order valence-corrected chi connectivity index (χ3v) is 8.14. The molecule has 1 saturated heterocycles. The molecule has 0 bridgehead atoms. The normalized spacial score (nSPS) is 15.3. The Bertz CT molecular complexity index is 1710. The third kappa shape index (κ3) is 4.73. The van der Waals surface area contributed by atoms with Crippen LogP contribution in [0.1, 0.15) is 28.1 Å². The zero-order valence-corrected chi connectivity index (χ0v) is 22.4. The highest BCUT2D eigenvalue weighted by molar-refractivity contribution is 7.21. The summed E-state index contributed by atoms with van der Waals surface area (Å²) in [4.78, 5) is 47.4. The number of hydrogen-bond acceptors (Lipinski definition) is 6. The fourth-order valence-electron chi connectivity index (χ4n) is 4.71. The highest BCUT2D eigenvalue weighted by Crippen LogP contribution is 2.34. The van der Waals surface area contributed by atoms with Crippen molar-refractivity contribution >= 4 is 56.6 Å². The van der Waals surface area contributed by atoms with Gasteiger partial charge in [0.05, 0.1) is 28.6 Å². The van der Waals surface area contributed by atoms with Crippen molar-refractivity contribution in [3.05, 3.63) is 107 Å². The van der Waals surface area contributed by atoms with Crippen molar-refractivity contribution in [3.63, 3.8) is 0 Å². The molecule has 3 amide bonds. The van der Waals surface area contributed by atoms with E-state index in [1.54, 1.807) is 53.8 Å². The van der Waals surface area contributed by atoms with E-state index in [1.165, 1.54) is 22.8 Å². The summed E-state index contributed by atoms with van der Waals surface area (Å²) in [5, 5.41) is 1.32. The molecule has 194 valence electrons. The Morgan fingerprint density at radius 2 is 1.87 bits per heavy atom. The Morgan fingerprint density at radius 1 is 1.08 bits per heavy atom. The first-order valence-corrected chi connectivity index (χ1v) is 13.5. The van der Waals surface area contributed by atoms with E-state index < -0.39 is 17.9 Å². The molecule has 2 aromatic heterocycles. The molecule has 5 aromatic rings. The summed E-state index contributed by atoms with van der Waals surface area (Å²) in [7, 11) is 0. The zero-order chi connectivity index (χ0) is 27.1. The Labute approximate surface area is 233 Å². The highest BCUT2D eigenvalue weighted by atomic mass is 35.5. The predicted molar refractivity (Wildman–Crippen MR) is 151 cm³/mol. The fourth-order valence-corrected chi connectivity index (χ4v) is 5.98. The molecule has 0 spiro atoms. The van der Waals surface area contributed by atoms with Crippen LogP contribution in [-0.2, 0) is 16.1 Å². The summed E-state index contributed by atoms with van der Waals surface area (Å²) in [6.07, 6.45) is 1.25. The Kier molecular flexibility index (Phi) is 6.50. The quantitative estimate of drug-likeness (QED) is 0.224. The minimum absolute atomic E-state index is 0.0484. The van der Waals surface area contributed by atoms with Gasteiger partial charge in [0.1, 0.15) is 11.0 Å². The van der Waals surface area contributed by atoms with Gasteiger partial charge in [-0.3, -0.25) is 14.4 Å². The number of benzene rings is 3. The summed E-state index contributed by atoms with van der Waals surface area (Å²) in [5.41, 5.74) is 4.09. The van der Waals surface area contributed by atoms with Crippen molar-refractivity contribution < 1.29 is 18.8 Å². The number of carbonyl (C=O) groups is 3. The van der Waals surface area contributed by atoms with Gasteiger partial charge in [-0.05, 0) is 72.6 Å². The number of imide groups is 1. The van der Waals surface area contributed by atoms with Crippen LogP contribution in [0.25, 0.3) is 20.8 Å². The number of hydrogen-bond donors (Lipinski definition) is 0. The molecule has 1 atom stereocenters. The predicted octanol–water partition coefficient (Wildman–Crippen LogP) is 6.49. The molecule has 1 fully saturated rings. The van der Waals surface area contributed by atoms with Crippen molar-refractivity contribution in [1.82, 2.24) is 9.88 Å². The van der Waals surface area contributed by atoms with Gasteiger partial charge < -0.3 is 9.32 Å². The number of fused-ring (bicyclic) bond motifs is 1. The Balaban J connectivity index is 1.28. The van der Waals surface area contributed by atoms with Crippen molar-refractivity contribution in [2.75, 3.05) is 4.90 Å². The summed E-state index contributed by atoms with van der Waals surface area (Å²) < 4.78 is 6.42. The standard InChI is InChI=1S/C30H22ClN3O4S/c1-18-8-13-23-26(15-18)39-28(32-23)19-9-11-21(12-10-19)34-27(35)16-24(29(34)36)33(30(37)25-7-4-14-38-25)17-20-5-2-3-6-22(20)31/h2-15,24H,16-17H2,1H3. The summed E-state index contributed by atoms with van der Waals surface area (Å²) in [6, 6.07) is 22.5. The number of furan rings is 1. The second-order valence-electron chi connectivity index (χ2n) is 9.33. The van der Waals surface area contributed by atoms with Crippen LogP contribution < -0.4 is 4.90 Å². The molecular formula is C30H22ClN3O4S. The number of thiazole rings is 1. The Hall–Kier alpha value is -4.27. The highest BCUT2D eigenvalue weighted by Gasteiger charge is 2.45. The first kappa shape index (κ1) is 25.0. The topological polar surface area (TPSA) is 83.7 Å². The number of rotatable bonds is 6. The number of halogens is 1. The maximum Gasteiger partial charge on any atom is 0.290 e. The van der Waals surface area contributed by atoms with Gasteiger partial charge >= 0.3 is 0 Å². The SMILES string of the molecule is Cc1ccc2nc(-c3ccc(N4C(=O)CC(N(Cc5ccccc5Cl)C(=O)c5ccco5)C4=O)cc3)sc2c1. The lowest BCUT2D eigenvalue weighted by molar-refractivity contribution is -0.122. The lowest BCUT2D eigenvalue weighted by atomic mass is 10.1. The molecule has 0 radical (unpaired) electrons. The van der Waals surface area contributed by atoms with Crippen LogP contribution in [-0.4, -0.2) is 33.6 Å². The average Bonchev–Trinajstić information content (AvgIpc) is 3.67. The van der Waals surface area contributed by atoms with E-state index in [-0.39, 0.29) is 24.6 Å². The molecule has 0 saturated carbocycles. The molecule has 7 nitrogen and oxygen atoms in total. The number of carbonyl (C=O) groups excluding carboxylic acids is 3. The van der Waals surface area contributed by atoms with Gasteiger partial charge in [0, 0.05) is 17.1 Å². The van der Waals surface area contributed by atoms with Crippen LogP contribution in [0.3, 0.4) is 0 Å². The minimum atomic E-state index is -1.00. The molecule has 1 aliphatic heterocycles. The summed E-state index contributed by atoms with van der Waals surface area (Å²) >= 11 is 7.95. The largest absolute Gasteiger partial charge is 0.459 e. The number of anilines is 1. The number of aryl methyl sites for hydroxylation is 1. The molecule has 6 rings (SSSR count). The van der Waals surface area contributed by atoms with E-state index in [9.17, 15) is 14.4 Å². The van der Waals surface area contributed by atoms with Crippen LogP contribution in [0.4, 0.5) is 5.69 Å². The average molecular weight is 556 g/mol. The summed E-state index contributed by atoms with van der Waals surface area (Å²) in [5.74, 6) is -1.27. The van der Waals surface area contributed by atoms with Crippen LogP contribution in [0, 0.1) is 6.92 Å². The van der Waals surface area contributed by atoms with Crippen molar-refractivity contribution in [1.29, 1.82) is 0 Å². The molecular weight excluding hydrogens is 534 g/mol. The van der Waals surface area contributed by atoms with Crippen molar-refractivity contribution in [2.24, 2.45) is 0 Å². The van der Waals surface area contributed by atoms with E-state index in [0.29, 0.717) is 16.3 Å². The second-order valence-corrected chi connectivity index (χ2v) is 10.8. The van der Waals surface area contributed by atoms with Gasteiger partial charge in [0.25, 0.3) is 11.8 Å². The van der Waals surface area contributed by atoms with Crippen LogP contribution in [0.15, 0.2) is 89.5 Å². The van der Waals surface area contributed by atoms with E-state index in [0.717, 1.165) is 25.7 Å². The molecule has 3 aromatic carbocycles. The van der Waals surface area contributed by atoms with Crippen molar-refractivity contribution in [2.45, 2.75) is 25.9 Å². The maximum absolute atomic E-state index is 13.6. The van der Waals surface area contributed by atoms with Gasteiger partial charge in [-0.25, -0.2) is 9.88 Å². The molecule has 0 N–H and O–H groups in total. The van der Waals surface area contributed by atoms with E-state index in [1.807, 2.05) is 31.2 Å². The second kappa shape index (κ2) is 10.1. The monoisotopic (exact) mass is 555 g/mol. The zero-order valence-electron chi connectivity index (χ0n) is 20.8. The minimum Gasteiger partial charge on any atom is -0.459 e. The molecule has 0 aliphatic carbocycles. The molecule has 1 unspecified atom stereocenters. The van der Waals surface area contributed by atoms with Crippen molar-refractivity contribution in [3.8, 4) is 10.6 Å². The molecule has 3 heterocycles. The molecule has 39 heavy (non-hydrogen) atoms. The number of aromatic nitrogens is 1. The third-order valence-electron chi connectivity index (χ3n) is 6.71. The van der Waals surface area contributed by atoms with Gasteiger partial charge in [-0.2, -0.15) is 0 Å². The van der Waals surface area contributed by atoms with Crippen LogP contribution in [0.5, 0.6) is 0 Å². The fraction of sp³-hybridized carbons (Fsp3) is 0.133. The van der Waals surface area contributed by atoms with E-state index in [4.69, 9.17) is 21.0 Å². The van der Waals surface area contributed by atoms with E-state index >= 15 is 0 Å². The van der Waals surface area contributed by atoms with Gasteiger partial charge in [-0.1, -0.05) is 35.9 Å². The van der Waals surface area contributed by atoms with Gasteiger partial charge in [0.2, 0.25) is 5.91 Å². The first-order chi connectivity index (χ1) is 18.9.